The number of sulfone groups is 1. The number of anilines is 1. The molecule has 2 unspecified atom stereocenters. The monoisotopic (exact) mass is 388 g/mol. The van der Waals surface area contributed by atoms with Crippen LogP contribution in [0.1, 0.15) is 31.2 Å². The number of nitrogens with zero attached hydrogens (tertiary/aromatic N) is 2. The van der Waals surface area contributed by atoms with Gasteiger partial charge in [0.15, 0.2) is 9.84 Å². The maximum Gasteiger partial charge on any atom is 0.175 e. The van der Waals surface area contributed by atoms with Crippen LogP contribution in [0.15, 0.2) is 58.5 Å². The summed E-state index contributed by atoms with van der Waals surface area (Å²) in [5, 5.41) is 7.76. The van der Waals surface area contributed by atoms with Gasteiger partial charge in [0, 0.05) is 17.2 Å². The molecule has 6 heteroatoms. The van der Waals surface area contributed by atoms with Crippen molar-refractivity contribution < 1.29 is 8.42 Å². The molecule has 1 aliphatic heterocycles. The predicted octanol–water partition coefficient (Wildman–Crippen LogP) is 4.53. The second kappa shape index (κ2) is 6.71. The minimum absolute atomic E-state index is 0.332. The van der Waals surface area contributed by atoms with Gasteiger partial charge in [-0.2, -0.15) is 5.10 Å². The summed E-state index contributed by atoms with van der Waals surface area (Å²) < 4.78 is 23.4. The minimum Gasteiger partial charge on any atom is -0.262 e. The maximum absolute atomic E-state index is 11.7. The number of rotatable bonds is 3. The van der Waals surface area contributed by atoms with Gasteiger partial charge in [0.25, 0.3) is 0 Å². The van der Waals surface area contributed by atoms with Crippen molar-refractivity contribution in [2.24, 2.45) is 11.0 Å². The lowest BCUT2D eigenvalue weighted by atomic mass is 9.80. The molecule has 1 saturated carbocycles. The molecule has 136 valence electrons. The molecule has 2 atom stereocenters. The number of hydrogen-bond donors (Lipinski definition) is 0. The fraction of sp³-hybridized carbons (Fsp3) is 0.350. The van der Waals surface area contributed by atoms with Gasteiger partial charge in [0.05, 0.1) is 22.3 Å². The van der Waals surface area contributed by atoms with Crippen LogP contribution < -0.4 is 5.01 Å². The zero-order valence-electron chi connectivity index (χ0n) is 14.6. The van der Waals surface area contributed by atoms with E-state index in [1.165, 1.54) is 19.1 Å². The molecule has 0 saturated heterocycles. The van der Waals surface area contributed by atoms with Crippen LogP contribution >= 0.6 is 11.6 Å². The lowest BCUT2D eigenvalue weighted by molar-refractivity contribution is 0.383. The Hall–Kier alpha value is -1.85. The molecular formula is C20H21ClN2O2S. The van der Waals surface area contributed by atoms with Crippen LogP contribution in [0.25, 0.3) is 0 Å². The van der Waals surface area contributed by atoms with E-state index in [9.17, 15) is 8.42 Å². The number of fused-ring (bicyclic) bond motifs is 1. The van der Waals surface area contributed by atoms with E-state index >= 15 is 0 Å². The lowest BCUT2D eigenvalue weighted by Gasteiger charge is -2.31. The Morgan fingerprint density at radius 3 is 2.31 bits per heavy atom. The van der Waals surface area contributed by atoms with Crippen LogP contribution in [0.3, 0.4) is 0 Å². The molecule has 0 amide bonds. The first-order valence-electron chi connectivity index (χ1n) is 8.87. The van der Waals surface area contributed by atoms with Crippen molar-refractivity contribution in [1.82, 2.24) is 0 Å². The van der Waals surface area contributed by atoms with Crippen molar-refractivity contribution in [2.45, 2.75) is 36.6 Å². The van der Waals surface area contributed by atoms with E-state index < -0.39 is 9.84 Å². The van der Waals surface area contributed by atoms with E-state index in [4.69, 9.17) is 16.7 Å². The molecule has 0 N–H and O–H groups in total. The largest absolute Gasteiger partial charge is 0.262 e. The highest BCUT2D eigenvalue weighted by Gasteiger charge is 2.39. The Labute approximate surface area is 159 Å². The SMILES string of the molecule is CS(=O)(=O)c1ccc(N2N=C(c3ccc(Cl)cc3)C3CCCCC32)cc1. The van der Waals surface area contributed by atoms with Crippen molar-refractivity contribution in [3.05, 3.63) is 59.1 Å². The molecule has 0 aromatic heterocycles. The third-order valence-electron chi connectivity index (χ3n) is 5.28. The molecule has 1 heterocycles. The Morgan fingerprint density at radius 1 is 1.00 bits per heavy atom. The standard InChI is InChI=1S/C20H21ClN2O2S/c1-26(24,25)17-12-10-16(11-13-17)23-19-5-3-2-4-18(19)20(22-23)14-6-8-15(21)9-7-14/h6-13,18-19H,2-5H2,1H3. The number of halogens is 1. The van der Waals surface area contributed by atoms with Crippen LogP contribution in [0, 0.1) is 5.92 Å². The van der Waals surface area contributed by atoms with Gasteiger partial charge in [0.2, 0.25) is 0 Å². The number of hydrazone groups is 1. The summed E-state index contributed by atoms with van der Waals surface area (Å²) in [6.07, 6.45) is 5.87. The van der Waals surface area contributed by atoms with Gasteiger partial charge in [-0.05, 0) is 54.8 Å². The van der Waals surface area contributed by atoms with Crippen LogP contribution in [0.5, 0.6) is 0 Å². The summed E-state index contributed by atoms with van der Waals surface area (Å²) in [6, 6.07) is 15.2. The fourth-order valence-electron chi connectivity index (χ4n) is 3.98. The van der Waals surface area contributed by atoms with E-state index in [1.54, 1.807) is 12.1 Å². The highest BCUT2D eigenvalue weighted by Crippen LogP contribution is 2.39. The Kier molecular flexibility index (Phi) is 4.53. The van der Waals surface area contributed by atoms with E-state index in [0.29, 0.717) is 16.9 Å². The van der Waals surface area contributed by atoms with E-state index in [-0.39, 0.29) is 0 Å². The van der Waals surface area contributed by atoms with Gasteiger partial charge in [-0.1, -0.05) is 36.6 Å². The quantitative estimate of drug-likeness (QED) is 0.776. The highest BCUT2D eigenvalue weighted by atomic mass is 35.5. The molecule has 4 rings (SSSR count). The molecule has 1 fully saturated rings. The summed E-state index contributed by atoms with van der Waals surface area (Å²) >= 11 is 6.03. The fourth-order valence-corrected chi connectivity index (χ4v) is 4.73. The molecule has 2 aromatic carbocycles. The molecule has 4 nitrogen and oxygen atoms in total. The van der Waals surface area contributed by atoms with E-state index in [1.807, 2.05) is 36.4 Å². The Balaban J connectivity index is 1.71. The average Bonchev–Trinajstić information content (AvgIpc) is 3.01. The highest BCUT2D eigenvalue weighted by molar-refractivity contribution is 7.90. The molecule has 0 bridgehead atoms. The summed E-state index contributed by atoms with van der Waals surface area (Å²) in [7, 11) is -3.19. The van der Waals surface area contributed by atoms with Crippen LogP contribution in [-0.4, -0.2) is 26.4 Å². The third kappa shape index (κ3) is 3.26. The van der Waals surface area contributed by atoms with Gasteiger partial charge in [0.1, 0.15) is 0 Å². The normalized spacial score (nSPS) is 22.8. The first-order valence-corrected chi connectivity index (χ1v) is 11.1. The molecule has 0 spiro atoms. The first-order chi connectivity index (χ1) is 12.4. The van der Waals surface area contributed by atoms with E-state index in [2.05, 4.69) is 5.01 Å². The second-order valence-electron chi connectivity index (χ2n) is 7.06. The minimum atomic E-state index is -3.19. The van der Waals surface area contributed by atoms with Gasteiger partial charge in [-0.15, -0.1) is 0 Å². The summed E-state index contributed by atoms with van der Waals surface area (Å²) in [4.78, 5) is 0.336. The van der Waals surface area contributed by atoms with Crippen LogP contribution in [0.2, 0.25) is 5.02 Å². The predicted molar refractivity (Wildman–Crippen MR) is 106 cm³/mol. The zero-order valence-corrected chi connectivity index (χ0v) is 16.2. The first kappa shape index (κ1) is 17.6. The lowest BCUT2D eigenvalue weighted by Crippen LogP contribution is -2.36. The van der Waals surface area contributed by atoms with Gasteiger partial charge < -0.3 is 0 Å². The topological polar surface area (TPSA) is 49.7 Å². The van der Waals surface area contributed by atoms with Crippen LogP contribution in [-0.2, 0) is 9.84 Å². The van der Waals surface area contributed by atoms with Crippen LogP contribution in [0.4, 0.5) is 5.69 Å². The number of benzene rings is 2. The summed E-state index contributed by atoms with van der Waals surface area (Å²) in [5.74, 6) is 0.402. The molecular weight excluding hydrogens is 368 g/mol. The Morgan fingerprint density at radius 2 is 1.65 bits per heavy atom. The van der Waals surface area contributed by atoms with Crippen molar-refractivity contribution in [2.75, 3.05) is 11.3 Å². The van der Waals surface area contributed by atoms with Crippen molar-refractivity contribution in [1.29, 1.82) is 0 Å². The van der Waals surface area contributed by atoms with Crippen molar-refractivity contribution in [3.63, 3.8) is 0 Å². The maximum atomic E-state index is 11.7. The molecule has 1 aliphatic carbocycles. The molecule has 2 aromatic rings. The third-order valence-corrected chi connectivity index (χ3v) is 6.66. The zero-order chi connectivity index (χ0) is 18.3. The van der Waals surface area contributed by atoms with Gasteiger partial charge >= 0.3 is 0 Å². The number of hydrogen-bond acceptors (Lipinski definition) is 4. The van der Waals surface area contributed by atoms with E-state index in [0.717, 1.165) is 34.8 Å². The summed E-state index contributed by atoms with van der Waals surface area (Å²) in [6.45, 7) is 0. The van der Waals surface area contributed by atoms with Gasteiger partial charge in [-0.3, -0.25) is 5.01 Å². The molecule has 26 heavy (non-hydrogen) atoms. The Bertz CT molecular complexity index is 937. The van der Waals surface area contributed by atoms with Crippen molar-refractivity contribution in [3.8, 4) is 0 Å². The molecule has 2 aliphatic rings. The smallest absolute Gasteiger partial charge is 0.175 e. The second-order valence-corrected chi connectivity index (χ2v) is 9.51. The average molecular weight is 389 g/mol. The van der Waals surface area contributed by atoms with Gasteiger partial charge in [-0.25, -0.2) is 8.42 Å². The molecule has 0 radical (unpaired) electrons. The van der Waals surface area contributed by atoms with Crippen molar-refractivity contribution >= 4 is 32.8 Å². The summed E-state index contributed by atoms with van der Waals surface area (Å²) in [5.41, 5.74) is 3.17.